The van der Waals surface area contributed by atoms with Gasteiger partial charge in [-0.2, -0.15) is 0 Å². The number of carbonyl (C=O) groups excluding carboxylic acids is 1. The van der Waals surface area contributed by atoms with E-state index < -0.39 is 17.8 Å². The van der Waals surface area contributed by atoms with E-state index in [2.05, 4.69) is 10.8 Å². The quantitative estimate of drug-likeness (QED) is 0.270. The molecule has 0 aliphatic rings. The second-order valence-corrected chi connectivity index (χ2v) is 5.62. The van der Waals surface area contributed by atoms with E-state index >= 15 is 0 Å². The summed E-state index contributed by atoms with van der Waals surface area (Å²) in [7, 11) is 0. The normalized spacial score (nSPS) is 10.4. The molecule has 28 heavy (non-hydrogen) atoms. The summed E-state index contributed by atoms with van der Waals surface area (Å²) in [5, 5.41) is 39.3. The van der Waals surface area contributed by atoms with Gasteiger partial charge in [-0.05, 0) is 35.9 Å². The van der Waals surface area contributed by atoms with Gasteiger partial charge in [-0.1, -0.05) is 6.07 Å². The molecule has 2 rings (SSSR count). The molecule has 10 nitrogen and oxygen atoms in total. The smallest absolute Gasteiger partial charge is 0.336 e. The average Bonchev–Trinajstić information content (AvgIpc) is 2.64. The van der Waals surface area contributed by atoms with Gasteiger partial charge in [-0.3, -0.25) is 9.63 Å². The first kappa shape index (κ1) is 20.7. The van der Waals surface area contributed by atoms with Crippen molar-refractivity contribution in [3.63, 3.8) is 0 Å². The van der Waals surface area contributed by atoms with E-state index in [-0.39, 0.29) is 47.9 Å². The molecule has 0 spiro atoms. The Morgan fingerprint density at radius 2 is 1.43 bits per heavy atom. The lowest BCUT2D eigenvalue weighted by Gasteiger charge is -2.10. The number of amides is 1. The van der Waals surface area contributed by atoms with Crippen LogP contribution >= 0.6 is 0 Å². The molecule has 0 saturated carbocycles. The van der Waals surface area contributed by atoms with Gasteiger partial charge in [0.05, 0.1) is 23.3 Å². The third kappa shape index (κ3) is 5.43. The van der Waals surface area contributed by atoms with Gasteiger partial charge in [0.15, 0.2) is 0 Å². The molecule has 6 N–H and O–H groups in total. The summed E-state index contributed by atoms with van der Waals surface area (Å²) in [6, 6.07) is 7.26. The van der Waals surface area contributed by atoms with Crippen LogP contribution in [0.5, 0.6) is 11.5 Å². The highest BCUT2D eigenvalue weighted by atomic mass is 16.6. The third-order valence-corrected chi connectivity index (χ3v) is 3.64. The number of carboxylic acid groups (broad SMARTS) is 2. The molecular formula is C18H18N2O8. The molecule has 0 radical (unpaired) electrons. The van der Waals surface area contributed by atoms with Crippen molar-refractivity contribution in [2.75, 3.05) is 13.1 Å². The first-order valence-electron chi connectivity index (χ1n) is 8.04. The van der Waals surface area contributed by atoms with Crippen LogP contribution in [0.3, 0.4) is 0 Å². The minimum Gasteiger partial charge on any atom is -0.508 e. The number of phenolic OH excluding ortho intramolecular Hbond substituents is 2. The molecule has 0 fully saturated rings. The van der Waals surface area contributed by atoms with Crippen molar-refractivity contribution in [3.05, 3.63) is 58.7 Å². The number of hydroxylamine groups is 1. The highest BCUT2D eigenvalue weighted by Crippen LogP contribution is 2.18. The maximum absolute atomic E-state index is 12.1. The van der Waals surface area contributed by atoms with Gasteiger partial charge in [0.1, 0.15) is 11.5 Å². The van der Waals surface area contributed by atoms with Crippen LogP contribution in [0.15, 0.2) is 36.4 Å². The van der Waals surface area contributed by atoms with Crippen LogP contribution in [0, 0.1) is 0 Å². The lowest BCUT2D eigenvalue weighted by Crippen LogP contribution is -2.32. The minimum atomic E-state index is -1.34. The summed E-state index contributed by atoms with van der Waals surface area (Å²) >= 11 is 0. The Balaban J connectivity index is 1.81. The predicted molar refractivity (Wildman–Crippen MR) is 95.3 cm³/mol. The number of carboxylic acids is 2. The van der Waals surface area contributed by atoms with Crippen LogP contribution < -0.4 is 10.8 Å². The zero-order valence-electron chi connectivity index (χ0n) is 14.5. The number of benzene rings is 2. The van der Waals surface area contributed by atoms with Crippen molar-refractivity contribution >= 4 is 17.8 Å². The molecule has 0 heterocycles. The zero-order valence-corrected chi connectivity index (χ0v) is 14.5. The molecule has 0 aromatic heterocycles. The van der Waals surface area contributed by atoms with Crippen molar-refractivity contribution in [2.45, 2.75) is 6.61 Å². The first-order chi connectivity index (χ1) is 13.3. The number of hydrogen-bond donors (Lipinski definition) is 6. The first-order valence-corrected chi connectivity index (χ1v) is 8.04. The molecule has 0 aliphatic heterocycles. The van der Waals surface area contributed by atoms with Gasteiger partial charge in [0, 0.05) is 13.1 Å². The summed E-state index contributed by atoms with van der Waals surface area (Å²) in [6.07, 6.45) is 0. The maximum Gasteiger partial charge on any atom is 0.336 e. The Labute approximate surface area is 159 Å². The van der Waals surface area contributed by atoms with Crippen LogP contribution in [0.1, 0.15) is 36.6 Å². The second kappa shape index (κ2) is 9.35. The summed E-state index contributed by atoms with van der Waals surface area (Å²) in [4.78, 5) is 39.5. The van der Waals surface area contributed by atoms with Crippen LogP contribution in [0.25, 0.3) is 0 Å². The number of nitrogens with one attached hydrogen (secondary N) is 2. The topological polar surface area (TPSA) is 165 Å². The van der Waals surface area contributed by atoms with Crippen LogP contribution in [0.4, 0.5) is 0 Å². The largest absolute Gasteiger partial charge is 0.508 e. The number of aromatic hydroxyl groups is 2. The second-order valence-electron chi connectivity index (χ2n) is 5.62. The number of rotatable bonds is 9. The zero-order chi connectivity index (χ0) is 20.7. The fourth-order valence-electron chi connectivity index (χ4n) is 2.32. The summed E-state index contributed by atoms with van der Waals surface area (Å²) < 4.78 is 0. The highest BCUT2D eigenvalue weighted by Gasteiger charge is 2.17. The van der Waals surface area contributed by atoms with Gasteiger partial charge >= 0.3 is 11.9 Å². The van der Waals surface area contributed by atoms with Gasteiger partial charge < -0.3 is 25.7 Å². The molecular weight excluding hydrogens is 372 g/mol. The lowest BCUT2D eigenvalue weighted by molar-refractivity contribution is 0.0278. The Hall–Kier alpha value is -3.63. The summed E-state index contributed by atoms with van der Waals surface area (Å²) in [5.74, 6) is -3.62. The lowest BCUT2D eigenvalue weighted by atomic mass is 10.1. The predicted octanol–water partition coefficient (Wildman–Crippen LogP) is 0.945. The molecule has 0 unspecified atom stereocenters. The third-order valence-electron chi connectivity index (χ3n) is 3.64. The monoisotopic (exact) mass is 390 g/mol. The molecule has 2 aromatic rings. The standard InChI is InChI=1S/C18H18N2O8/c21-11-2-1-10(14(7-11)17(24)25)9-28-20-6-5-19-16(23)13-4-3-12(22)8-15(13)18(26)27/h1-4,7-8,20-22H,5-6,9H2,(H,19,23)(H,24,25)(H,26,27). The van der Waals surface area contributed by atoms with E-state index in [9.17, 15) is 24.6 Å². The fraction of sp³-hybridized carbons (Fsp3) is 0.167. The maximum atomic E-state index is 12.1. The Morgan fingerprint density at radius 3 is 2.07 bits per heavy atom. The van der Waals surface area contributed by atoms with E-state index in [1.165, 1.54) is 24.3 Å². The molecule has 10 heteroatoms. The number of carbonyl (C=O) groups is 3. The Kier molecular flexibility index (Phi) is 6.90. The van der Waals surface area contributed by atoms with Gasteiger partial charge in [-0.25, -0.2) is 15.1 Å². The number of hydrogen-bond acceptors (Lipinski definition) is 7. The van der Waals surface area contributed by atoms with E-state index in [0.29, 0.717) is 5.56 Å². The molecule has 0 bridgehead atoms. The number of phenols is 2. The Morgan fingerprint density at radius 1 is 0.821 bits per heavy atom. The fourth-order valence-corrected chi connectivity index (χ4v) is 2.32. The SMILES string of the molecule is O=C(O)c1cc(O)ccc1CONCCNC(=O)c1ccc(O)cc1C(=O)O. The van der Waals surface area contributed by atoms with Gasteiger partial charge in [0.25, 0.3) is 5.91 Å². The average molecular weight is 390 g/mol. The van der Waals surface area contributed by atoms with Crippen molar-refractivity contribution < 1.29 is 39.6 Å². The highest BCUT2D eigenvalue weighted by molar-refractivity contribution is 6.05. The Bertz CT molecular complexity index is 897. The molecule has 148 valence electrons. The summed E-state index contributed by atoms with van der Waals surface area (Å²) in [5.41, 5.74) is 2.37. The molecule has 0 saturated heterocycles. The van der Waals surface area contributed by atoms with Crippen LogP contribution in [-0.4, -0.2) is 51.4 Å². The minimum absolute atomic E-state index is 0.0863. The van der Waals surface area contributed by atoms with E-state index in [4.69, 9.17) is 15.1 Å². The van der Waals surface area contributed by atoms with Crippen molar-refractivity contribution in [1.29, 1.82) is 0 Å². The van der Waals surface area contributed by atoms with Crippen molar-refractivity contribution in [3.8, 4) is 11.5 Å². The van der Waals surface area contributed by atoms with E-state index in [1.54, 1.807) is 0 Å². The summed E-state index contributed by atoms with van der Waals surface area (Å²) in [6.45, 7) is 0.170. The van der Waals surface area contributed by atoms with Crippen molar-refractivity contribution in [1.82, 2.24) is 10.8 Å². The molecule has 0 aliphatic carbocycles. The van der Waals surface area contributed by atoms with Gasteiger partial charge in [-0.15, -0.1) is 0 Å². The number of aromatic carboxylic acids is 2. The van der Waals surface area contributed by atoms with E-state index in [1.807, 2.05) is 0 Å². The van der Waals surface area contributed by atoms with E-state index in [0.717, 1.165) is 12.1 Å². The van der Waals surface area contributed by atoms with Crippen molar-refractivity contribution in [2.24, 2.45) is 0 Å². The van der Waals surface area contributed by atoms with Gasteiger partial charge in [0.2, 0.25) is 0 Å². The molecule has 2 aromatic carbocycles. The molecule has 0 atom stereocenters. The molecule has 1 amide bonds. The van der Waals surface area contributed by atoms with Crippen LogP contribution in [0.2, 0.25) is 0 Å². The van der Waals surface area contributed by atoms with Crippen LogP contribution in [-0.2, 0) is 11.4 Å².